The molecule has 2 N–H and O–H groups in total. The highest BCUT2D eigenvalue weighted by molar-refractivity contribution is 7.54. The molecule has 0 spiro atoms. The van der Waals surface area contributed by atoms with Crippen LogP contribution in [0.25, 0.3) is 0 Å². The number of alkyl halides is 2. The van der Waals surface area contributed by atoms with E-state index in [4.69, 9.17) is 10.00 Å². The number of hydrogen-bond acceptors (Lipinski definition) is 3. The SMILES string of the molecule is O=P1(O)O[C@H](CO)CC1(F)F. The van der Waals surface area contributed by atoms with Gasteiger partial charge in [0.2, 0.25) is 0 Å². The minimum atomic E-state index is -4.81. The Labute approximate surface area is 61.3 Å². The van der Waals surface area contributed by atoms with Gasteiger partial charge in [0.25, 0.3) is 0 Å². The van der Waals surface area contributed by atoms with E-state index in [1.165, 1.54) is 0 Å². The van der Waals surface area contributed by atoms with Gasteiger partial charge in [-0.15, -0.1) is 0 Å². The van der Waals surface area contributed by atoms with Gasteiger partial charge >= 0.3 is 13.3 Å². The van der Waals surface area contributed by atoms with E-state index in [9.17, 15) is 13.3 Å². The summed E-state index contributed by atoms with van der Waals surface area (Å²) in [5.74, 6) is 0. The molecule has 1 heterocycles. The van der Waals surface area contributed by atoms with Crippen molar-refractivity contribution in [3.8, 4) is 0 Å². The lowest BCUT2D eigenvalue weighted by Crippen LogP contribution is -2.14. The van der Waals surface area contributed by atoms with Gasteiger partial charge in [0.05, 0.1) is 19.1 Å². The molecule has 0 aromatic heterocycles. The Kier molecular flexibility index (Phi) is 2.05. The van der Waals surface area contributed by atoms with E-state index >= 15 is 0 Å². The van der Waals surface area contributed by atoms with Crippen LogP contribution in [-0.4, -0.2) is 28.4 Å². The van der Waals surface area contributed by atoms with Crippen LogP contribution in [0.3, 0.4) is 0 Å². The minimum Gasteiger partial charge on any atom is -0.394 e. The van der Waals surface area contributed by atoms with Crippen molar-refractivity contribution in [1.29, 1.82) is 0 Å². The third-order valence-corrected chi connectivity index (χ3v) is 2.98. The summed E-state index contributed by atoms with van der Waals surface area (Å²) in [6.45, 7) is -0.667. The first-order valence-corrected chi connectivity index (χ1v) is 4.47. The van der Waals surface area contributed by atoms with E-state index in [2.05, 4.69) is 4.52 Å². The average Bonchev–Trinajstić information content (AvgIpc) is 2.03. The summed E-state index contributed by atoms with van der Waals surface area (Å²) < 4.78 is 39.4. The van der Waals surface area contributed by atoms with Gasteiger partial charge in [0.15, 0.2) is 0 Å². The fraction of sp³-hybridized carbons (Fsp3) is 1.00. The van der Waals surface area contributed by atoms with Crippen LogP contribution in [-0.2, 0) is 9.09 Å². The Morgan fingerprint density at radius 2 is 2.27 bits per heavy atom. The summed E-state index contributed by atoms with van der Waals surface area (Å²) in [5, 5.41) is 8.34. The van der Waals surface area contributed by atoms with Gasteiger partial charge in [-0.1, -0.05) is 0 Å². The molecule has 0 saturated carbocycles. The summed E-state index contributed by atoms with van der Waals surface area (Å²) in [6, 6.07) is 0. The lowest BCUT2D eigenvalue weighted by atomic mass is 10.3. The number of aliphatic hydroxyl groups is 1. The summed E-state index contributed by atoms with van der Waals surface area (Å²) in [7, 11) is -4.81. The van der Waals surface area contributed by atoms with Crippen LogP contribution in [0.15, 0.2) is 0 Å². The monoisotopic (exact) mass is 188 g/mol. The Bertz CT molecular complexity index is 206. The van der Waals surface area contributed by atoms with Crippen LogP contribution in [0.4, 0.5) is 8.78 Å². The highest BCUT2D eigenvalue weighted by Gasteiger charge is 2.59. The molecule has 0 radical (unpaired) electrons. The molecule has 0 aliphatic carbocycles. The predicted molar refractivity (Wildman–Crippen MR) is 31.3 cm³/mol. The topological polar surface area (TPSA) is 66.8 Å². The Morgan fingerprint density at radius 3 is 2.45 bits per heavy atom. The molecule has 1 rings (SSSR count). The van der Waals surface area contributed by atoms with Gasteiger partial charge in [-0.25, -0.2) is 0 Å². The van der Waals surface area contributed by atoms with Crippen molar-refractivity contribution in [1.82, 2.24) is 0 Å². The molecule has 2 atom stereocenters. The average molecular weight is 188 g/mol. The fourth-order valence-corrected chi connectivity index (χ4v) is 1.94. The normalized spacial score (nSPS) is 42.7. The van der Waals surface area contributed by atoms with Crippen molar-refractivity contribution in [2.75, 3.05) is 6.61 Å². The molecule has 1 aliphatic rings. The number of halogens is 2. The van der Waals surface area contributed by atoms with Crippen molar-refractivity contribution < 1.29 is 27.9 Å². The molecule has 1 fully saturated rings. The van der Waals surface area contributed by atoms with Gasteiger partial charge in [0.1, 0.15) is 0 Å². The standard InChI is InChI=1S/C4H7F2O4P/c5-4(6)1-3(2-7)10-11(4,8)9/h3,7H,1-2H2,(H,8,9)/t3-/m0/s1. The third-order valence-electron chi connectivity index (χ3n) is 1.38. The second-order valence-corrected chi connectivity index (χ2v) is 4.21. The zero-order valence-electron chi connectivity index (χ0n) is 5.41. The summed E-state index contributed by atoms with van der Waals surface area (Å²) in [5.41, 5.74) is -3.71. The lowest BCUT2D eigenvalue weighted by molar-refractivity contribution is 0.0648. The van der Waals surface area contributed by atoms with E-state index in [0.717, 1.165) is 0 Å². The van der Waals surface area contributed by atoms with E-state index in [0.29, 0.717) is 0 Å². The molecule has 0 bridgehead atoms. The van der Waals surface area contributed by atoms with Crippen LogP contribution in [0.5, 0.6) is 0 Å². The number of rotatable bonds is 1. The molecule has 66 valence electrons. The molecule has 1 saturated heterocycles. The van der Waals surface area contributed by atoms with Gasteiger partial charge in [-0.05, 0) is 0 Å². The summed E-state index contributed by atoms with van der Waals surface area (Å²) >= 11 is 0. The molecule has 1 aliphatic heterocycles. The molecule has 0 aromatic rings. The molecule has 7 heteroatoms. The Morgan fingerprint density at radius 1 is 1.73 bits per heavy atom. The first-order valence-electron chi connectivity index (χ1n) is 2.89. The van der Waals surface area contributed by atoms with Crippen LogP contribution in [0.2, 0.25) is 0 Å². The molecule has 0 amide bonds. The van der Waals surface area contributed by atoms with Crippen LogP contribution in [0.1, 0.15) is 6.42 Å². The van der Waals surface area contributed by atoms with Crippen molar-refractivity contribution in [3.05, 3.63) is 0 Å². The molecular formula is C4H7F2O4P. The summed E-state index contributed by atoms with van der Waals surface area (Å²) in [6.07, 6.45) is -2.11. The zero-order valence-corrected chi connectivity index (χ0v) is 6.30. The number of aliphatic hydroxyl groups excluding tert-OH is 1. The largest absolute Gasteiger partial charge is 0.397 e. The molecule has 4 nitrogen and oxygen atoms in total. The maximum atomic E-state index is 12.4. The van der Waals surface area contributed by atoms with Crippen LogP contribution < -0.4 is 0 Å². The van der Waals surface area contributed by atoms with E-state index in [1.807, 2.05) is 0 Å². The number of hydrogen-bond donors (Lipinski definition) is 2. The maximum Gasteiger partial charge on any atom is 0.397 e. The minimum absolute atomic E-state index is 0.667. The van der Waals surface area contributed by atoms with Crippen LogP contribution >= 0.6 is 7.60 Å². The third kappa shape index (κ3) is 1.44. The quantitative estimate of drug-likeness (QED) is 0.589. The van der Waals surface area contributed by atoms with Crippen LogP contribution in [0, 0.1) is 0 Å². The fourth-order valence-electron chi connectivity index (χ4n) is 0.804. The highest BCUT2D eigenvalue weighted by Crippen LogP contribution is 2.65. The molecular weight excluding hydrogens is 181 g/mol. The van der Waals surface area contributed by atoms with Gasteiger partial charge in [-0.3, -0.25) is 9.09 Å². The van der Waals surface area contributed by atoms with Gasteiger partial charge < -0.3 is 10.00 Å². The zero-order chi connectivity index (χ0) is 8.70. The van der Waals surface area contributed by atoms with E-state index in [-0.39, 0.29) is 0 Å². The second-order valence-electron chi connectivity index (χ2n) is 2.30. The van der Waals surface area contributed by atoms with Gasteiger partial charge in [0, 0.05) is 0 Å². The second kappa shape index (κ2) is 2.48. The summed E-state index contributed by atoms with van der Waals surface area (Å²) in [4.78, 5) is 8.50. The first kappa shape index (κ1) is 9.06. The van der Waals surface area contributed by atoms with Crippen molar-refractivity contribution in [2.45, 2.75) is 18.2 Å². The van der Waals surface area contributed by atoms with E-state index in [1.54, 1.807) is 0 Å². The molecule has 0 aromatic carbocycles. The maximum absolute atomic E-state index is 12.4. The first-order chi connectivity index (χ1) is 4.89. The molecule has 11 heavy (non-hydrogen) atoms. The smallest absolute Gasteiger partial charge is 0.394 e. The molecule has 1 unspecified atom stereocenters. The Balaban J connectivity index is 2.80. The van der Waals surface area contributed by atoms with E-state index < -0.39 is 32.4 Å². The lowest BCUT2D eigenvalue weighted by Gasteiger charge is -2.09. The van der Waals surface area contributed by atoms with Crippen molar-refractivity contribution in [3.63, 3.8) is 0 Å². The van der Waals surface area contributed by atoms with Gasteiger partial charge in [-0.2, -0.15) is 8.78 Å². The predicted octanol–water partition coefficient (Wildman–Crippen LogP) is 0.546. The Hall–Kier alpha value is -0.0300. The van der Waals surface area contributed by atoms with Crippen molar-refractivity contribution >= 4 is 7.60 Å². The highest BCUT2D eigenvalue weighted by atomic mass is 31.2. The van der Waals surface area contributed by atoms with Crippen molar-refractivity contribution in [2.24, 2.45) is 0 Å².